The summed E-state index contributed by atoms with van der Waals surface area (Å²) in [6, 6.07) is 27.9. The van der Waals surface area contributed by atoms with Gasteiger partial charge in [-0.3, -0.25) is 14.9 Å². The minimum Gasteiger partial charge on any atom is -0.481 e. The third-order valence-corrected chi connectivity index (χ3v) is 6.83. The molecule has 4 aromatic carbocycles. The lowest BCUT2D eigenvalue weighted by molar-refractivity contribution is -0.136. The molecule has 3 N–H and O–H groups in total. The van der Waals surface area contributed by atoms with Crippen LogP contribution >= 0.6 is 31.9 Å². The average molecular weight is 652 g/mol. The molecule has 0 bridgehead atoms. The number of hydrogen-bond donors (Lipinski definition) is 3. The van der Waals surface area contributed by atoms with Gasteiger partial charge in [-0.1, -0.05) is 62.2 Å². The molecule has 0 atom stereocenters. The van der Waals surface area contributed by atoms with Crippen LogP contribution < -0.4 is 15.4 Å². The molecule has 2 amide bonds. The van der Waals surface area contributed by atoms with Gasteiger partial charge in [0.2, 0.25) is 0 Å². The van der Waals surface area contributed by atoms with Crippen molar-refractivity contribution in [2.24, 2.45) is 0 Å². The van der Waals surface area contributed by atoms with E-state index in [4.69, 9.17) is 9.84 Å². The largest absolute Gasteiger partial charge is 0.481 e. The number of nitrogens with one attached hydrogen (secondary N) is 2. The van der Waals surface area contributed by atoms with Crippen molar-refractivity contribution in [3.63, 3.8) is 0 Å². The van der Waals surface area contributed by atoms with Crippen LogP contribution in [0.1, 0.15) is 27.9 Å². The first-order valence-electron chi connectivity index (χ1n) is 12.0. The van der Waals surface area contributed by atoms with Gasteiger partial charge < -0.3 is 15.2 Å². The molecule has 198 valence electrons. The number of hydrogen-bond acceptors (Lipinski definition) is 4. The van der Waals surface area contributed by atoms with Gasteiger partial charge in [-0.15, -0.1) is 0 Å². The number of carboxylic acid groups (broad SMARTS) is 1. The second kappa shape index (κ2) is 13.2. The number of benzene rings is 4. The fraction of sp³-hybridized carbons (Fsp3) is 0.100. The molecule has 0 aliphatic carbocycles. The molecule has 0 saturated heterocycles. The van der Waals surface area contributed by atoms with Crippen molar-refractivity contribution in [1.29, 1.82) is 0 Å². The van der Waals surface area contributed by atoms with Gasteiger partial charge in [0.25, 0.3) is 5.91 Å². The Morgan fingerprint density at radius 2 is 1.44 bits per heavy atom. The number of rotatable bonds is 9. The maximum absolute atomic E-state index is 12.6. The highest BCUT2D eigenvalue weighted by molar-refractivity contribution is 9.10. The smallest absolute Gasteiger partial charge is 0.417 e. The van der Waals surface area contributed by atoms with E-state index in [9.17, 15) is 14.4 Å². The molecule has 0 fully saturated rings. The van der Waals surface area contributed by atoms with Crippen molar-refractivity contribution in [3.05, 3.63) is 117 Å². The normalized spacial score (nSPS) is 10.5. The number of ether oxygens (including phenoxy) is 1. The van der Waals surface area contributed by atoms with Gasteiger partial charge in [0.15, 0.2) is 0 Å². The Bertz CT molecular complexity index is 1470. The number of aliphatic carboxylic acids is 1. The van der Waals surface area contributed by atoms with E-state index < -0.39 is 18.0 Å². The second-order valence-electron chi connectivity index (χ2n) is 8.62. The Balaban J connectivity index is 1.46. The molecular formula is C30H24Br2N2O5. The Hall–Kier alpha value is -3.95. The van der Waals surface area contributed by atoms with E-state index in [2.05, 4.69) is 42.5 Å². The van der Waals surface area contributed by atoms with E-state index in [1.54, 1.807) is 18.2 Å². The standard InChI is InChI=1S/C30H24Br2N2O5/c31-23-7-1-19(2-8-23)17-22-18-26(13-14-27(22)20-3-9-24(32)10-4-20)39-30(38)34-25-11-5-21(6-12-25)29(37)33-16-15-28(35)36/h1-14,18H,15-17H2,(H,33,37)(H,34,38)(H,35,36). The molecule has 0 spiro atoms. The van der Waals surface area contributed by atoms with Gasteiger partial charge in [0.05, 0.1) is 6.42 Å². The first kappa shape index (κ1) is 28.1. The van der Waals surface area contributed by atoms with E-state index >= 15 is 0 Å². The predicted molar refractivity (Wildman–Crippen MR) is 157 cm³/mol. The molecule has 4 rings (SSSR count). The van der Waals surface area contributed by atoms with Gasteiger partial charge in [-0.2, -0.15) is 0 Å². The maximum Gasteiger partial charge on any atom is 0.417 e. The van der Waals surface area contributed by atoms with Crippen molar-refractivity contribution in [2.75, 3.05) is 11.9 Å². The zero-order valence-corrected chi connectivity index (χ0v) is 23.8. The molecule has 0 unspecified atom stereocenters. The number of carbonyl (C=O) groups is 3. The summed E-state index contributed by atoms with van der Waals surface area (Å²) in [4.78, 5) is 35.3. The summed E-state index contributed by atoms with van der Waals surface area (Å²) >= 11 is 6.95. The van der Waals surface area contributed by atoms with Gasteiger partial charge in [0, 0.05) is 26.7 Å². The molecular weight excluding hydrogens is 628 g/mol. The molecule has 4 aromatic rings. The molecule has 0 aromatic heterocycles. The summed E-state index contributed by atoms with van der Waals surface area (Å²) in [6.45, 7) is 0.0326. The lowest BCUT2D eigenvalue weighted by Gasteiger charge is -2.14. The number of halogens is 2. The number of carboxylic acids is 1. The van der Waals surface area contributed by atoms with E-state index in [-0.39, 0.29) is 13.0 Å². The van der Waals surface area contributed by atoms with Crippen LogP contribution in [-0.4, -0.2) is 29.6 Å². The van der Waals surface area contributed by atoms with Crippen LogP contribution in [0.2, 0.25) is 0 Å². The van der Waals surface area contributed by atoms with Crippen LogP contribution in [0.15, 0.2) is 99.9 Å². The first-order chi connectivity index (χ1) is 18.8. The number of carbonyl (C=O) groups excluding carboxylic acids is 2. The number of amides is 2. The summed E-state index contributed by atoms with van der Waals surface area (Å²) in [7, 11) is 0. The van der Waals surface area contributed by atoms with Crippen molar-refractivity contribution >= 4 is 55.5 Å². The van der Waals surface area contributed by atoms with Crippen LogP contribution in [0.3, 0.4) is 0 Å². The van der Waals surface area contributed by atoms with Crippen LogP contribution in [0, 0.1) is 0 Å². The highest BCUT2D eigenvalue weighted by Gasteiger charge is 2.12. The molecule has 7 nitrogen and oxygen atoms in total. The highest BCUT2D eigenvalue weighted by Crippen LogP contribution is 2.31. The monoisotopic (exact) mass is 650 g/mol. The minimum atomic E-state index is -0.989. The zero-order chi connectivity index (χ0) is 27.8. The van der Waals surface area contributed by atoms with Gasteiger partial charge in [-0.05, 0) is 89.3 Å². The predicted octanol–water partition coefficient (Wildman–Crippen LogP) is 7.28. The molecule has 0 saturated carbocycles. The Morgan fingerprint density at radius 3 is 2.08 bits per heavy atom. The van der Waals surface area contributed by atoms with Crippen molar-refractivity contribution in [3.8, 4) is 16.9 Å². The van der Waals surface area contributed by atoms with Crippen LogP contribution in [-0.2, 0) is 11.2 Å². The van der Waals surface area contributed by atoms with Crippen LogP contribution in [0.25, 0.3) is 11.1 Å². The quantitative estimate of drug-likeness (QED) is 0.176. The second-order valence-corrected chi connectivity index (χ2v) is 10.5. The van der Waals surface area contributed by atoms with Crippen molar-refractivity contribution < 1.29 is 24.2 Å². The SMILES string of the molecule is O=C(O)CCNC(=O)c1ccc(NC(=O)Oc2ccc(-c3ccc(Br)cc3)c(Cc3ccc(Br)cc3)c2)cc1. The summed E-state index contributed by atoms with van der Waals surface area (Å²) < 4.78 is 7.57. The average Bonchev–Trinajstić information content (AvgIpc) is 2.91. The lowest BCUT2D eigenvalue weighted by Crippen LogP contribution is -2.26. The van der Waals surface area contributed by atoms with Gasteiger partial charge >= 0.3 is 12.1 Å². The Labute approximate surface area is 242 Å². The molecule has 0 heterocycles. The molecule has 39 heavy (non-hydrogen) atoms. The summed E-state index contributed by atoms with van der Waals surface area (Å²) in [5, 5.41) is 13.9. The molecule has 9 heteroatoms. The summed E-state index contributed by atoms with van der Waals surface area (Å²) in [6.07, 6.45) is -0.181. The zero-order valence-electron chi connectivity index (χ0n) is 20.6. The topological polar surface area (TPSA) is 105 Å². The summed E-state index contributed by atoms with van der Waals surface area (Å²) in [5.74, 6) is -0.985. The maximum atomic E-state index is 12.6. The Morgan fingerprint density at radius 1 is 0.795 bits per heavy atom. The number of anilines is 1. The van der Waals surface area contributed by atoms with E-state index in [0.29, 0.717) is 23.4 Å². The highest BCUT2D eigenvalue weighted by atomic mass is 79.9. The molecule has 0 radical (unpaired) electrons. The van der Waals surface area contributed by atoms with Gasteiger partial charge in [-0.25, -0.2) is 4.79 Å². The third-order valence-electron chi connectivity index (χ3n) is 5.77. The van der Waals surface area contributed by atoms with E-state index in [0.717, 1.165) is 31.2 Å². The van der Waals surface area contributed by atoms with Crippen molar-refractivity contribution in [1.82, 2.24) is 5.32 Å². The van der Waals surface area contributed by atoms with Crippen LogP contribution in [0.5, 0.6) is 5.75 Å². The Kier molecular flexibility index (Phi) is 9.51. The molecule has 0 aliphatic rings. The molecule has 0 aliphatic heterocycles. The minimum absolute atomic E-state index is 0.0326. The van der Waals surface area contributed by atoms with Crippen LogP contribution in [0.4, 0.5) is 10.5 Å². The summed E-state index contributed by atoms with van der Waals surface area (Å²) in [5.41, 5.74) is 5.00. The fourth-order valence-electron chi connectivity index (χ4n) is 3.85. The van der Waals surface area contributed by atoms with E-state index in [1.807, 2.05) is 60.7 Å². The first-order valence-corrected chi connectivity index (χ1v) is 13.6. The third kappa shape index (κ3) is 8.27. The van der Waals surface area contributed by atoms with Gasteiger partial charge in [0.1, 0.15) is 5.75 Å². The fourth-order valence-corrected chi connectivity index (χ4v) is 4.38. The van der Waals surface area contributed by atoms with E-state index in [1.165, 1.54) is 12.1 Å². The van der Waals surface area contributed by atoms with Crippen molar-refractivity contribution in [2.45, 2.75) is 12.8 Å². The lowest BCUT2D eigenvalue weighted by atomic mass is 9.94.